The van der Waals surface area contributed by atoms with Crippen LogP contribution in [0.3, 0.4) is 0 Å². The molecular formula is C19H26N2O5. The maximum Gasteiger partial charge on any atom is 0.266 e. The molecule has 2 bridgehead atoms. The Morgan fingerprint density at radius 2 is 1.88 bits per heavy atom. The van der Waals surface area contributed by atoms with Crippen molar-refractivity contribution >= 4 is 11.8 Å². The van der Waals surface area contributed by atoms with Crippen LogP contribution in [0.5, 0.6) is 11.5 Å². The molecule has 0 radical (unpaired) electrons. The van der Waals surface area contributed by atoms with E-state index in [0.717, 1.165) is 0 Å². The van der Waals surface area contributed by atoms with Crippen molar-refractivity contribution in [1.82, 2.24) is 9.80 Å². The van der Waals surface area contributed by atoms with Gasteiger partial charge in [0.2, 0.25) is 5.91 Å². The van der Waals surface area contributed by atoms with E-state index in [-0.39, 0.29) is 23.8 Å². The molecule has 3 rings (SSSR count). The van der Waals surface area contributed by atoms with Crippen molar-refractivity contribution in [2.45, 2.75) is 25.5 Å². The molecule has 2 atom stereocenters. The average molecular weight is 362 g/mol. The monoisotopic (exact) mass is 362 g/mol. The minimum atomic E-state index is -1.09. The maximum atomic E-state index is 13.2. The summed E-state index contributed by atoms with van der Waals surface area (Å²) in [6.07, 6.45) is 0. The second-order valence-corrected chi connectivity index (χ2v) is 7.31. The smallest absolute Gasteiger partial charge is 0.266 e. The molecule has 0 N–H and O–H groups in total. The zero-order valence-corrected chi connectivity index (χ0v) is 15.7. The number of fused-ring (bicyclic) bond motifs is 3. The van der Waals surface area contributed by atoms with E-state index in [1.54, 1.807) is 49.9 Å². The van der Waals surface area contributed by atoms with Gasteiger partial charge in [0, 0.05) is 20.1 Å². The van der Waals surface area contributed by atoms with Gasteiger partial charge < -0.3 is 24.0 Å². The number of para-hydroxylation sites is 2. The molecule has 2 amide bonds. The predicted octanol–water partition coefficient (Wildman–Crippen LogP) is 1.17. The maximum absolute atomic E-state index is 13.2. The number of ether oxygens (including phenoxy) is 3. The van der Waals surface area contributed by atoms with E-state index < -0.39 is 5.60 Å². The van der Waals surface area contributed by atoms with Crippen molar-refractivity contribution in [2.24, 2.45) is 5.92 Å². The lowest BCUT2D eigenvalue weighted by atomic mass is 10.0. The fraction of sp³-hybridized carbons (Fsp3) is 0.579. The highest BCUT2D eigenvalue weighted by molar-refractivity contribution is 5.87. The number of hydrogen-bond donors (Lipinski definition) is 0. The normalized spacial score (nSPS) is 23.5. The Morgan fingerprint density at radius 1 is 1.19 bits per heavy atom. The van der Waals surface area contributed by atoms with Crippen LogP contribution in [0.1, 0.15) is 13.8 Å². The molecule has 0 unspecified atom stereocenters. The molecule has 0 aromatic heterocycles. The number of methoxy groups -OCH3 is 1. The first-order valence-electron chi connectivity index (χ1n) is 8.79. The van der Waals surface area contributed by atoms with Crippen LogP contribution in [0.25, 0.3) is 0 Å². The molecule has 26 heavy (non-hydrogen) atoms. The lowest BCUT2D eigenvalue weighted by molar-refractivity contribution is -0.147. The first-order chi connectivity index (χ1) is 12.3. The van der Waals surface area contributed by atoms with E-state index in [9.17, 15) is 9.59 Å². The SMILES string of the molecule is COc1ccccc1OC(C)(C)C(=O)N1C[C@@H]2COC[C@H](C1)N(C)C2=O. The molecule has 2 aliphatic heterocycles. The molecule has 2 saturated heterocycles. The first kappa shape index (κ1) is 18.5. The molecular weight excluding hydrogens is 336 g/mol. The first-order valence-corrected chi connectivity index (χ1v) is 8.79. The second kappa shape index (κ2) is 7.15. The number of carbonyl (C=O) groups excluding carboxylic acids is 2. The van der Waals surface area contributed by atoms with E-state index in [1.807, 2.05) is 12.1 Å². The molecule has 0 spiro atoms. The van der Waals surface area contributed by atoms with Gasteiger partial charge in [0.1, 0.15) is 0 Å². The number of benzene rings is 1. The van der Waals surface area contributed by atoms with Crippen molar-refractivity contribution in [2.75, 3.05) is 40.5 Å². The minimum Gasteiger partial charge on any atom is -0.493 e. The fourth-order valence-electron chi connectivity index (χ4n) is 3.47. The fourth-order valence-corrected chi connectivity index (χ4v) is 3.47. The van der Waals surface area contributed by atoms with Gasteiger partial charge in [-0.25, -0.2) is 0 Å². The van der Waals surface area contributed by atoms with Crippen LogP contribution in [-0.2, 0) is 14.3 Å². The number of nitrogens with zero attached hydrogens (tertiary/aromatic N) is 2. The summed E-state index contributed by atoms with van der Waals surface area (Å²) < 4.78 is 16.9. The van der Waals surface area contributed by atoms with Crippen molar-refractivity contribution in [1.29, 1.82) is 0 Å². The van der Waals surface area contributed by atoms with Crippen LogP contribution in [0, 0.1) is 5.92 Å². The standard InChI is InChI=1S/C19H26N2O5/c1-19(2,26-16-8-6-5-7-15(16)24-4)18(23)21-9-13-11-25-12-14(10-21)20(3)17(13)22/h5-8,13-14H,9-12H2,1-4H3/t13-,14+/m1/s1. The van der Waals surface area contributed by atoms with Gasteiger partial charge in [0.05, 0.1) is 32.3 Å². The van der Waals surface area contributed by atoms with Gasteiger partial charge in [0.15, 0.2) is 17.1 Å². The van der Waals surface area contributed by atoms with Crippen LogP contribution in [-0.4, -0.2) is 73.7 Å². The Kier molecular flexibility index (Phi) is 5.09. The lowest BCUT2D eigenvalue weighted by Gasteiger charge is -2.35. The highest BCUT2D eigenvalue weighted by Gasteiger charge is 2.43. The van der Waals surface area contributed by atoms with E-state index in [2.05, 4.69) is 0 Å². The summed E-state index contributed by atoms with van der Waals surface area (Å²) in [6.45, 7) is 5.05. The minimum absolute atomic E-state index is 0.0336. The third-order valence-electron chi connectivity index (χ3n) is 4.98. The molecule has 2 fully saturated rings. The quantitative estimate of drug-likeness (QED) is 0.804. The molecule has 1 aromatic carbocycles. The highest BCUT2D eigenvalue weighted by Crippen LogP contribution is 2.31. The topological polar surface area (TPSA) is 68.3 Å². The van der Waals surface area contributed by atoms with Crippen molar-refractivity contribution < 1.29 is 23.8 Å². The molecule has 1 aromatic rings. The van der Waals surface area contributed by atoms with Gasteiger partial charge >= 0.3 is 0 Å². The van der Waals surface area contributed by atoms with Gasteiger partial charge in [-0.15, -0.1) is 0 Å². The Bertz CT molecular complexity index is 690. The van der Waals surface area contributed by atoms with Crippen LogP contribution >= 0.6 is 0 Å². The number of carbonyl (C=O) groups is 2. The van der Waals surface area contributed by atoms with Crippen molar-refractivity contribution in [3.63, 3.8) is 0 Å². The Hall–Kier alpha value is -2.28. The Labute approximate surface area is 153 Å². The van der Waals surface area contributed by atoms with Gasteiger partial charge in [-0.05, 0) is 26.0 Å². The predicted molar refractivity (Wildman–Crippen MR) is 95.1 cm³/mol. The summed E-state index contributed by atoms with van der Waals surface area (Å²) in [5, 5.41) is 0. The number of amides is 2. The second-order valence-electron chi connectivity index (χ2n) is 7.31. The summed E-state index contributed by atoms with van der Waals surface area (Å²) >= 11 is 0. The van der Waals surface area contributed by atoms with Crippen LogP contribution < -0.4 is 9.47 Å². The number of likely N-dealkylation sites (N-methyl/N-ethyl adjacent to an activating group) is 1. The largest absolute Gasteiger partial charge is 0.493 e. The molecule has 2 heterocycles. The van der Waals surface area contributed by atoms with Gasteiger partial charge in [-0.1, -0.05) is 12.1 Å². The molecule has 2 aliphatic rings. The van der Waals surface area contributed by atoms with Crippen LogP contribution in [0.2, 0.25) is 0 Å². The molecule has 0 aliphatic carbocycles. The van der Waals surface area contributed by atoms with Crippen molar-refractivity contribution in [3.8, 4) is 11.5 Å². The van der Waals surface area contributed by atoms with E-state index in [4.69, 9.17) is 14.2 Å². The van der Waals surface area contributed by atoms with E-state index in [1.165, 1.54) is 0 Å². The van der Waals surface area contributed by atoms with Crippen molar-refractivity contribution in [3.05, 3.63) is 24.3 Å². The van der Waals surface area contributed by atoms with Gasteiger partial charge in [-0.2, -0.15) is 0 Å². The average Bonchev–Trinajstić information content (AvgIpc) is 2.79. The third-order valence-corrected chi connectivity index (χ3v) is 4.98. The summed E-state index contributed by atoms with van der Waals surface area (Å²) in [6, 6.07) is 7.10. The Balaban J connectivity index is 1.80. The Morgan fingerprint density at radius 3 is 2.58 bits per heavy atom. The molecule has 142 valence electrons. The summed E-state index contributed by atoms with van der Waals surface area (Å²) in [5.74, 6) is 0.637. The van der Waals surface area contributed by atoms with Gasteiger partial charge in [-0.3, -0.25) is 9.59 Å². The van der Waals surface area contributed by atoms with Crippen LogP contribution in [0.15, 0.2) is 24.3 Å². The number of hydrogen-bond acceptors (Lipinski definition) is 5. The molecule has 0 saturated carbocycles. The summed E-state index contributed by atoms with van der Waals surface area (Å²) in [5.41, 5.74) is -1.09. The molecule has 7 nitrogen and oxygen atoms in total. The highest BCUT2D eigenvalue weighted by atomic mass is 16.5. The third kappa shape index (κ3) is 3.49. The summed E-state index contributed by atoms with van der Waals surface area (Å²) in [7, 11) is 3.34. The summed E-state index contributed by atoms with van der Waals surface area (Å²) in [4.78, 5) is 29.1. The van der Waals surface area contributed by atoms with Crippen LogP contribution in [0.4, 0.5) is 0 Å². The lowest BCUT2D eigenvalue weighted by Crippen LogP contribution is -2.53. The van der Waals surface area contributed by atoms with E-state index >= 15 is 0 Å². The van der Waals surface area contributed by atoms with E-state index in [0.29, 0.717) is 37.8 Å². The number of rotatable bonds is 4. The van der Waals surface area contributed by atoms with Gasteiger partial charge in [0.25, 0.3) is 5.91 Å². The molecule has 7 heteroatoms. The zero-order chi connectivity index (χ0) is 18.9. The zero-order valence-electron chi connectivity index (χ0n) is 15.7.